The smallest absolute Gasteiger partial charge is 0.308 e. The lowest BCUT2D eigenvalue weighted by molar-refractivity contribution is -0.347. The molecule has 1 aromatic heterocycles. The molecule has 0 N–H and O–H groups in total. The zero-order chi connectivity index (χ0) is 30.3. The average molecular weight is 559 g/mol. The monoisotopic (exact) mass is 558 g/mol. The third kappa shape index (κ3) is 5.31. The molecule has 9 atom stereocenters. The fourth-order valence-electron chi connectivity index (χ4n) is 6.44. The third-order valence-corrected chi connectivity index (χ3v) is 9.75. The van der Waals surface area contributed by atoms with Crippen molar-refractivity contribution in [2.75, 3.05) is 0 Å². The molecule has 1 saturated heterocycles. The Morgan fingerprint density at radius 2 is 1.60 bits per heavy atom. The second-order valence-corrected chi connectivity index (χ2v) is 12.3. The topological polar surface area (TPSA) is 92.0 Å². The van der Waals surface area contributed by atoms with E-state index in [1.807, 2.05) is 62.3 Å². The van der Waals surface area contributed by atoms with Crippen molar-refractivity contribution in [3.8, 4) is 0 Å². The van der Waals surface area contributed by atoms with Gasteiger partial charge in [0.05, 0.1) is 23.9 Å². The summed E-state index contributed by atoms with van der Waals surface area (Å²) in [6.45, 7) is 23.1. The van der Waals surface area contributed by atoms with Gasteiger partial charge in [-0.2, -0.15) is 0 Å². The lowest BCUT2D eigenvalue weighted by atomic mass is 9.70. The molecular weight excluding hydrogens is 508 g/mol. The summed E-state index contributed by atoms with van der Waals surface area (Å²) < 4.78 is 26.4. The van der Waals surface area contributed by atoms with Gasteiger partial charge in [0, 0.05) is 40.9 Å². The van der Waals surface area contributed by atoms with Gasteiger partial charge in [0.25, 0.3) is 0 Å². The van der Waals surface area contributed by atoms with Gasteiger partial charge in [-0.3, -0.25) is 14.4 Å². The van der Waals surface area contributed by atoms with Crippen molar-refractivity contribution < 1.29 is 28.2 Å². The summed E-state index contributed by atoms with van der Waals surface area (Å²) >= 11 is 0. The summed E-state index contributed by atoms with van der Waals surface area (Å²) in [6, 6.07) is 0. The van der Waals surface area contributed by atoms with Crippen LogP contribution in [0, 0.1) is 43.4 Å². The van der Waals surface area contributed by atoms with Gasteiger partial charge in [0.1, 0.15) is 23.4 Å². The normalized spacial score (nSPS) is 31.1. The Balaban J connectivity index is 2.20. The molecule has 0 aliphatic carbocycles. The van der Waals surface area contributed by atoms with Crippen LogP contribution in [0.15, 0.2) is 20.5 Å². The van der Waals surface area contributed by atoms with E-state index < -0.39 is 29.8 Å². The summed E-state index contributed by atoms with van der Waals surface area (Å²) in [6.07, 6.45) is 0.934. The number of rotatable bonds is 8. The SMILES string of the molecule is CCc1oc([C@H](C)[C@@H]2OC3(OC([C@H](C)CC)=C(C)C(=O)[C@@H]3C)[C@@H](C)[C@@H](OC(=O)C(C)CC)[C@@H]2C)c(C)c(=O)c1C. The first-order valence-electron chi connectivity index (χ1n) is 15.1. The zero-order valence-electron chi connectivity index (χ0n) is 26.6. The van der Waals surface area contributed by atoms with Gasteiger partial charge >= 0.3 is 5.97 Å². The number of esters is 1. The Morgan fingerprint density at radius 3 is 2.15 bits per heavy atom. The van der Waals surface area contributed by atoms with Gasteiger partial charge in [-0.25, -0.2) is 0 Å². The van der Waals surface area contributed by atoms with Crippen LogP contribution < -0.4 is 5.43 Å². The van der Waals surface area contributed by atoms with Crippen molar-refractivity contribution in [3.63, 3.8) is 0 Å². The number of aryl methyl sites for hydroxylation is 1. The molecule has 0 saturated carbocycles. The van der Waals surface area contributed by atoms with E-state index in [0.29, 0.717) is 46.8 Å². The quantitative estimate of drug-likeness (QED) is 0.324. The molecule has 3 rings (SSSR count). The summed E-state index contributed by atoms with van der Waals surface area (Å²) in [5, 5.41) is 0. The van der Waals surface area contributed by atoms with E-state index in [4.69, 9.17) is 18.6 Å². The molecule has 0 bridgehead atoms. The van der Waals surface area contributed by atoms with Crippen molar-refractivity contribution in [1.29, 1.82) is 0 Å². The second kappa shape index (κ2) is 12.2. The van der Waals surface area contributed by atoms with E-state index in [9.17, 15) is 14.4 Å². The fourth-order valence-corrected chi connectivity index (χ4v) is 6.44. The minimum atomic E-state index is -1.34. The summed E-state index contributed by atoms with van der Waals surface area (Å²) in [5.41, 5.74) is 1.75. The Morgan fingerprint density at radius 1 is 0.975 bits per heavy atom. The molecule has 1 fully saturated rings. The zero-order valence-corrected chi connectivity index (χ0v) is 26.6. The molecule has 3 heterocycles. The molecule has 1 aromatic rings. The van der Waals surface area contributed by atoms with Gasteiger partial charge in [-0.05, 0) is 40.5 Å². The van der Waals surface area contributed by atoms with Crippen molar-refractivity contribution in [3.05, 3.63) is 44.2 Å². The number of hydrogen-bond acceptors (Lipinski definition) is 7. The fraction of sp³-hybridized carbons (Fsp3) is 0.727. The van der Waals surface area contributed by atoms with Crippen molar-refractivity contribution in [2.45, 2.75) is 126 Å². The lowest BCUT2D eigenvalue weighted by Gasteiger charge is -2.56. The van der Waals surface area contributed by atoms with Crippen LogP contribution >= 0.6 is 0 Å². The third-order valence-electron chi connectivity index (χ3n) is 9.75. The summed E-state index contributed by atoms with van der Waals surface area (Å²) in [7, 11) is 0. The molecule has 224 valence electrons. The maximum Gasteiger partial charge on any atom is 0.308 e. The number of hydrogen-bond donors (Lipinski definition) is 0. The average Bonchev–Trinajstić information content (AvgIpc) is 2.95. The number of ether oxygens (including phenoxy) is 3. The Bertz CT molecular complexity index is 1210. The largest absolute Gasteiger partial charge is 0.465 e. The van der Waals surface area contributed by atoms with E-state index in [1.165, 1.54) is 0 Å². The van der Waals surface area contributed by atoms with Crippen LogP contribution in [0.25, 0.3) is 0 Å². The van der Waals surface area contributed by atoms with Crippen LogP contribution in [0.2, 0.25) is 0 Å². The van der Waals surface area contributed by atoms with Crippen LogP contribution in [-0.2, 0) is 30.2 Å². The van der Waals surface area contributed by atoms with Crippen LogP contribution in [0.4, 0.5) is 0 Å². The first-order chi connectivity index (χ1) is 18.7. The van der Waals surface area contributed by atoms with E-state index in [0.717, 1.165) is 6.42 Å². The molecule has 7 heteroatoms. The van der Waals surface area contributed by atoms with Gasteiger partial charge < -0.3 is 18.6 Å². The van der Waals surface area contributed by atoms with Gasteiger partial charge in [-0.15, -0.1) is 0 Å². The standard InChI is InChI=1S/C33H50O7/c1-13-16(4)28-20(8)27(35)23(11)33(39-28)24(12)31(38-32(36)17(5)14-2)22(10)30(40-33)21(9)29-19(7)26(34)18(6)25(15-3)37-29/h16-17,21-24,30-31H,13-15H2,1-12H3/t16-,17?,21+,22-,23+,24+,30+,31+,33?/m1/s1. The molecule has 0 amide bonds. The van der Waals surface area contributed by atoms with E-state index in [1.54, 1.807) is 13.8 Å². The molecule has 0 aromatic carbocycles. The molecule has 0 radical (unpaired) electrons. The predicted octanol–water partition coefficient (Wildman–Crippen LogP) is 6.80. The Labute approximate surface area is 240 Å². The van der Waals surface area contributed by atoms with Crippen LogP contribution in [0.5, 0.6) is 0 Å². The first-order valence-corrected chi connectivity index (χ1v) is 15.1. The molecule has 7 nitrogen and oxygen atoms in total. The molecule has 1 spiro atoms. The van der Waals surface area contributed by atoms with E-state index >= 15 is 0 Å². The Hall–Kier alpha value is -2.41. The highest BCUT2D eigenvalue weighted by Gasteiger charge is 2.62. The summed E-state index contributed by atoms with van der Waals surface area (Å²) in [5.74, 6) is -1.71. The predicted molar refractivity (Wildman–Crippen MR) is 155 cm³/mol. The molecule has 2 aliphatic heterocycles. The van der Waals surface area contributed by atoms with Crippen LogP contribution in [0.1, 0.15) is 111 Å². The van der Waals surface area contributed by atoms with Crippen molar-refractivity contribution in [2.24, 2.45) is 29.6 Å². The molecule has 2 aliphatic rings. The lowest BCUT2D eigenvalue weighted by Crippen LogP contribution is -2.65. The highest BCUT2D eigenvalue weighted by atomic mass is 16.7. The maximum absolute atomic E-state index is 13.7. The Kier molecular flexibility index (Phi) is 9.81. The highest BCUT2D eigenvalue weighted by Crippen LogP contribution is 2.52. The number of allylic oxidation sites excluding steroid dienone is 2. The minimum absolute atomic E-state index is 0.0185. The van der Waals surface area contributed by atoms with Gasteiger partial charge in [0.15, 0.2) is 11.2 Å². The van der Waals surface area contributed by atoms with E-state index in [2.05, 4.69) is 6.92 Å². The molecular formula is C33H50O7. The number of Topliss-reactive ketones (excluding diaryl/α,β-unsaturated/α-hetero) is 1. The minimum Gasteiger partial charge on any atom is -0.465 e. The van der Waals surface area contributed by atoms with Crippen molar-refractivity contribution >= 4 is 11.8 Å². The first kappa shape index (κ1) is 32.1. The highest BCUT2D eigenvalue weighted by molar-refractivity contribution is 5.98. The van der Waals surface area contributed by atoms with Gasteiger partial charge in [-0.1, -0.05) is 55.4 Å². The number of ketones is 1. The van der Waals surface area contributed by atoms with E-state index in [-0.39, 0.29) is 40.9 Å². The summed E-state index contributed by atoms with van der Waals surface area (Å²) in [4.78, 5) is 40.0. The van der Waals surface area contributed by atoms with Crippen LogP contribution in [-0.4, -0.2) is 29.7 Å². The molecule has 40 heavy (non-hydrogen) atoms. The van der Waals surface area contributed by atoms with Crippen molar-refractivity contribution in [1.82, 2.24) is 0 Å². The van der Waals surface area contributed by atoms with Gasteiger partial charge in [0.2, 0.25) is 5.79 Å². The maximum atomic E-state index is 13.7. The molecule has 2 unspecified atom stereocenters. The van der Waals surface area contributed by atoms with Crippen LogP contribution in [0.3, 0.4) is 0 Å². The number of carbonyl (C=O) groups excluding carboxylic acids is 2. The number of carbonyl (C=O) groups is 2. The second-order valence-electron chi connectivity index (χ2n) is 12.3.